The lowest BCUT2D eigenvalue weighted by Gasteiger charge is -2.22. The van der Waals surface area contributed by atoms with Crippen LogP contribution in [0.25, 0.3) is 0 Å². The number of rotatable bonds is 5. The van der Waals surface area contributed by atoms with Crippen molar-refractivity contribution in [1.82, 2.24) is 4.90 Å². The predicted octanol–water partition coefficient (Wildman–Crippen LogP) is 2.79. The fourth-order valence-electron chi connectivity index (χ4n) is 3.39. The van der Waals surface area contributed by atoms with E-state index < -0.39 is 6.10 Å². The molecule has 3 atom stereocenters. The Morgan fingerprint density at radius 3 is 2.52 bits per heavy atom. The zero-order valence-electron chi connectivity index (χ0n) is 14.3. The number of carbonyl (C=O) groups excluding carboxylic acids is 1. The minimum atomic E-state index is -0.626. The molecule has 2 aromatic carbocycles. The van der Waals surface area contributed by atoms with Crippen molar-refractivity contribution < 1.29 is 13.9 Å². The highest BCUT2D eigenvalue weighted by Gasteiger charge is 2.37. The predicted molar refractivity (Wildman–Crippen MR) is 94.8 cm³/mol. The Labute approximate surface area is 147 Å². The Balaban J connectivity index is 1.66. The molecule has 0 radical (unpaired) electrons. The lowest BCUT2D eigenvalue weighted by Crippen LogP contribution is -2.39. The second-order valence-corrected chi connectivity index (χ2v) is 6.47. The first-order chi connectivity index (χ1) is 12.1. The summed E-state index contributed by atoms with van der Waals surface area (Å²) in [7, 11) is 0. The van der Waals surface area contributed by atoms with Crippen molar-refractivity contribution in [3.63, 3.8) is 0 Å². The van der Waals surface area contributed by atoms with Gasteiger partial charge in [0.2, 0.25) is 0 Å². The van der Waals surface area contributed by atoms with Gasteiger partial charge in [0.1, 0.15) is 11.6 Å². The van der Waals surface area contributed by atoms with E-state index in [1.165, 1.54) is 29.8 Å². The number of likely N-dealkylation sites (tertiary alicyclic amines) is 1. The third-order valence-electron chi connectivity index (χ3n) is 4.76. The van der Waals surface area contributed by atoms with E-state index >= 15 is 0 Å². The number of benzene rings is 2. The number of halogens is 1. The molecule has 4 nitrogen and oxygen atoms in total. The van der Waals surface area contributed by atoms with Crippen LogP contribution in [-0.2, 0) is 4.79 Å². The van der Waals surface area contributed by atoms with Crippen LogP contribution in [0, 0.1) is 11.7 Å². The average Bonchev–Trinajstić information content (AvgIpc) is 3.08. The maximum absolute atomic E-state index is 13.0. The van der Waals surface area contributed by atoms with Crippen molar-refractivity contribution in [2.45, 2.75) is 18.9 Å². The quantitative estimate of drug-likeness (QED) is 0.909. The van der Waals surface area contributed by atoms with Crippen LogP contribution in [0.2, 0.25) is 0 Å². The van der Waals surface area contributed by atoms with Gasteiger partial charge in [-0.05, 0) is 49.2 Å². The van der Waals surface area contributed by atoms with Crippen molar-refractivity contribution >= 4 is 5.91 Å². The van der Waals surface area contributed by atoms with Gasteiger partial charge in [0.05, 0.1) is 0 Å². The lowest BCUT2D eigenvalue weighted by molar-refractivity contribution is -0.137. The van der Waals surface area contributed by atoms with Crippen LogP contribution < -0.4 is 10.5 Å². The minimum absolute atomic E-state index is 0.0683. The fourth-order valence-corrected chi connectivity index (χ4v) is 3.39. The normalized spacial score (nSPS) is 21.2. The molecule has 0 aliphatic carbocycles. The largest absolute Gasteiger partial charge is 0.481 e. The molecule has 1 aliphatic rings. The number of hydrogen-bond donors (Lipinski definition) is 1. The first-order valence-electron chi connectivity index (χ1n) is 8.54. The van der Waals surface area contributed by atoms with Crippen molar-refractivity contribution in [3.05, 3.63) is 66.0 Å². The highest BCUT2D eigenvalue weighted by molar-refractivity contribution is 5.81. The first-order valence-corrected chi connectivity index (χ1v) is 8.54. The fraction of sp³-hybridized carbons (Fsp3) is 0.350. The van der Waals surface area contributed by atoms with Gasteiger partial charge >= 0.3 is 0 Å². The monoisotopic (exact) mass is 342 g/mol. The molecule has 2 aromatic rings. The molecule has 1 amide bonds. The Morgan fingerprint density at radius 2 is 1.88 bits per heavy atom. The van der Waals surface area contributed by atoms with E-state index in [0.29, 0.717) is 25.4 Å². The van der Waals surface area contributed by atoms with Crippen LogP contribution in [0.3, 0.4) is 0 Å². The van der Waals surface area contributed by atoms with Gasteiger partial charge in [-0.2, -0.15) is 0 Å². The molecule has 3 rings (SSSR count). The van der Waals surface area contributed by atoms with Crippen LogP contribution in [0.4, 0.5) is 4.39 Å². The first kappa shape index (κ1) is 17.4. The average molecular weight is 342 g/mol. The van der Waals surface area contributed by atoms with E-state index in [-0.39, 0.29) is 23.6 Å². The van der Waals surface area contributed by atoms with Gasteiger partial charge in [-0.3, -0.25) is 4.79 Å². The van der Waals surface area contributed by atoms with E-state index in [2.05, 4.69) is 12.1 Å². The van der Waals surface area contributed by atoms with Crippen molar-refractivity contribution in [2.75, 3.05) is 19.6 Å². The van der Waals surface area contributed by atoms with Crippen molar-refractivity contribution in [2.24, 2.45) is 11.7 Å². The third kappa shape index (κ3) is 3.99. The standard InChI is InChI=1S/C20H23FN2O2/c1-14(25-18-9-7-17(21)8-10-18)20(24)23-12-16(11-22)19(13-23)15-5-3-2-4-6-15/h2-10,14,16,19H,11-13,22H2,1H3/t14?,16-,19+/m1/s1. The van der Waals surface area contributed by atoms with Gasteiger partial charge in [-0.25, -0.2) is 4.39 Å². The summed E-state index contributed by atoms with van der Waals surface area (Å²) in [6.07, 6.45) is -0.626. The lowest BCUT2D eigenvalue weighted by atomic mass is 9.89. The van der Waals surface area contributed by atoms with Crippen molar-refractivity contribution in [3.8, 4) is 5.75 Å². The zero-order valence-corrected chi connectivity index (χ0v) is 14.3. The topological polar surface area (TPSA) is 55.6 Å². The SMILES string of the molecule is CC(Oc1ccc(F)cc1)C(=O)N1C[C@@H](CN)[C@H](c2ccccc2)C1. The molecular formula is C20H23FN2O2. The summed E-state index contributed by atoms with van der Waals surface area (Å²) in [5.41, 5.74) is 7.14. The zero-order chi connectivity index (χ0) is 17.8. The Morgan fingerprint density at radius 1 is 1.20 bits per heavy atom. The van der Waals surface area contributed by atoms with Crippen LogP contribution in [0.15, 0.2) is 54.6 Å². The summed E-state index contributed by atoms with van der Waals surface area (Å²) >= 11 is 0. The molecule has 1 fully saturated rings. The second-order valence-electron chi connectivity index (χ2n) is 6.47. The summed E-state index contributed by atoms with van der Waals surface area (Å²) in [5, 5.41) is 0. The molecule has 2 N–H and O–H groups in total. The molecular weight excluding hydrogens is 319 g/mol. The van der Waals surface area contributed by atoms with Gasteiger partial charge in [0, 0.05) is 19.0 Å². The minimum Gasteiger partial charge on any atom is -0.481 e. The van der Waals surface area contributed by atoms with E-state index in [1.807, 2.05) is 23.1 Å². The smallest absolute Gasteiger partial charge is 0.263 e. The summed E-state index contributed by atoms with van der Waals surface area (Å²) < 4.78 is 18.6. The third-order valence-corrected chi connectivity index (χ3v) is 4.76. The molecule has 1 heterocycles. The molecule has 5 heteroatoms. The van der Waals surface area contributed by atoms with Gasteiger partial charge in [0.15, 0.2) is 6.10 Å². The molecule has 25 heavy (non-hydrogen) atoms. The number of ether oxygens (including phenoxy) is 1. The number of nitrogens with two attached hydrogens (primary N) is 1. The summed E-state index contributed by atoms with van der Waals surface area (Å²) in [6, 6.07) is 15.9. The van der Waals surface area contributed by atoms with Crippen LogP contribution in [-0.4, -0.2) is 36.5 Å². The molecule has 0 bridgehead atoms. The highest BCUT2D eigenvalue weighted by Crippen LogP contribution is 2.32. The molecule has 0 saturated carbocycles. The van der Waals surface area contributed by atoms with Gasteiger partial charge < -0.3 is 15.4 Å². The summed E-state index contributed by atoms with van der Waals surface area (Å²) in [6.45, 7) is 3.53. The second kappa shape index (κ2) is 7.66. The number of hydrogen-bond acceptors (Lipinski definition) is 3. The van der Waals surface area contributed by atoms with Crippen LogP contribution in [0.5, 0.6) is 5.75 Å². The van der Waals surface area contributed by atoms with Crippen molar-refractivity contribution in [1.29, 1.82) is 0 Å². The molecule has 1 unspecified atom stereocenters. The Hall–Kier alpha value is -2.40. The maximum Gasteiger partial charge on any atom is 0.263 e. The van der Waals surface area contributed by atoms with Crippen LogP contribution >= 0.6 is 0 Å². The highest BCUT2D eigenvalue weighted by atomic mass is 19.1. The van der Waals surface area contributed by atoms with E-state index in [4.69, 9.17) is 10.5 Å². The molecule has 1 aliphatic heterocycles. The molecule has 1 saturated heterocycles. The molecule has 0 aromatic heterocycles. The molecule has 132 valence electrons. The van der Waals surface area contributed by atoms with Gasteiger partial charge in [-0.1, -0.05) is 30.3 Å². The van der Waals surface area contributed by atoms with E-state index in [9.17, 15) is 9.18 Å². The van der Waals surface area contributed by atoms with Crippen LogP contribution in [0.1, 0.15) is 18.4 Å². The maximum atomic E-state index is 13.0. The van der Waals surface area contributed by atoms with E-state index in [1.54, 1.807) is 6.92 Å². The molecule has 0 spiro atoms. The summed E-state index contributed by atoms with van der Waals surface area (Å²) in [5.74, 6) is 0.567. The number of carbonyl (C=O) groups is 1. The Kier molecular flexibility index (Phi) is 5.34. The number of nitrogens with zero attached hydrogens (tertiary/aromatic N) is 1. The van der Waals surface area contributed by atoms with E-state index in [0.717, 1.165) is 0 Å². The summed E-state index contributed by atoms with van der Waals surface area (Å²) in [4.78, 5) is 14.6. The van der Waals surface area contributed by atoms with Gasteiger partial charge in [-0.15, -0.1) is 0 Å². The number of amides is 1. The van der Waals surface area contributed by atoms with Gasteiger partial charge in [0.25, 0.3) is 5.91 Å². The Bertz CT molecular complexity index is 705.